The Balaban J connectivity index is 2.96. The summed E-state index contributed by atoms with van der Waals surface area (Å²) in [7, 11) is 0. The molecule has 1 amide bonds. The first-order chi connectivity index (χ1) is 8.11. The molecule has 0 atom stereocenters. The Labute approximate surface area is 120 Å². The first kappa shape index (κ1) is 14.7. The molecule has 1 rings (SSSR count). The molecule has 0 aliphatic heterocycles. The van der Waals surface area contributed by atoms with E-state index in [9.17, 15) is 4.79 Å². The fraction of sp³-hybridized carbons (Fsp3) is 0.462. The van der Waals surface area contributed by atoms with Crippen molar-refractivity contribution in [1.82, 2.24) is 4.90 Å². The number of alkyl halides is 1. The predicted molar refractivity (Wildman–Crippen MR) is 78.9 cm³/mol. The molecule has 94 valence electrons. The van der Waals surface area contributed by atoms with Gasteiger partial charge in [-0.05, 0) is 40.9 Å². The maximum absolute atomic E-state index is 12.4. The second-order valence-electron chi connectivity index (χ2n) is 3.92. The van der Waals surface area contributed by atoms with Crippen LogP contribution in [0.4, 0.5) is 0 Å². The van der Waals surface area contributed by atoms with Gasteiger partial charge in [0.2, 0.25) is 0 Å². The Morgan fingerprint density at radius 2 is 2.06 bits per heavy atom. The predicted octanol–water partition coefficient (Wildman–Crippen LogP) is 4.00. The minimum atomic E-state index is 0.0990. The highest BCUT2D eigenvalue weighted by atomic mass is 79.9. The van der Waals surface area contributed by atoms with Crippen LogP contribution in [0, 0.1) is 6.92 Å². The Morgan fingerprint density at radius 3 is 2.65 bits per heavy atom. The molecule has 0 fully saturated rings. The molecular formula is C13H17Br2NO. The lowest BCUT2D eigenvalue weighted by atomic mass is 10.1. The zero-order valence-corrected chi connectivity index (χ0v) is 13.3. The molecular weight excluding hydrogens is 346 g/mol. The fourth-order valence-corrected chi connectivity index (χ4v) is 2.53. The summed E-state index contributed by atoms with van der Waals surface area (Å²) in [4.78, 5) is 14.3. The van der Waals surface area contributed by atoms with E-state index < -0.39 is 0 Å². The number of hydrogen-bond donors (Lipinski definition) is 0. The number of hydrogen-bond acceptors (Lipinski definition) is 1. The van der Waals surface area contributed by atoms with Gasteiger partial charge in [0, 0.05) is 22.9 Å². The minimum absolute atomic E-state index is 0.0990. The summed E-state index contributed by atoms with van der Waals surface area (Å²) in [5, 5.41) is 0.808. The van der Waals surface area contributed by atoms with Gasteiger partial charge in [-0.3, -0.25) is 4.79 Å². The summed E-state index contributed by atoms with van der Waals surface area (Å²) in [6.07, 6.45) is 0.974. The molecule has 0 aliphatic rings. The van der Waals surface area contributed by atoms with Crippen molar-refractivity contribution in [2.75, 3.05) is 18.4 Å². The van der Waals surface area contributed by atoms with Crippen LogP contribution in [0.2, 0.25) is 0 Å². The Hall–Kier alpha value is -0.350. The highest BCUT2D eigenvalue weighted by Gasteiger charge is 2.17. The lowest BCUT2D eigenvalue weighted by molar-refractivity contribution is 0.0765. The zero-order chi connectivity index (χ0) is 12.8. The zero-order valence-electron chi connectivity index (χ0n) is 10.2. The van der Waals surface area contributed by atoms with Crippen LogP contribution in [0.15, 0.2) is 22.7 Å². The van der Waals surface area contributed by atoms with Gasteiger partial charge in [-0.1, -0.05) is 35.0 Å². The summed E-state index contributed by atoms with van der Waals surface area (Å²) >= 11 is 6.88. The molecule has 0 aliphatic carbocycles. The van der Waals surface area contributed by atoms with Crippen molar-refractivity contribution in [1.29, 1.82) is 0 Å². The van der Waals surface area contributed by atoms with Gasteiger partial charge < -0.3 is 4.90 Å². The quantitative estimate of drug-likeness (QED) is 0.725. The summed E-state index contributed by atoms with van der Waals surface area (Å²) < 4.78 is 0.903. The largest absolute Gasteiger partial charge is 0.338 e. The average molecular weight is 363 g/mol. The number of aryl methyl sites for hydroxylation is 1. The molecule has 2 nitrogen and oxygen atoms in total. The highest BCUT2D eigenvalue weighted by molar-refractivity contribution is 9.10. The van der Waals surface area contributed by atoms with E-state index in [2.05, 4.69) is 38.8 Å². The van der Waals surface area contributed by atoms with Crippen molar-refractivity contribution in [3.8, 4) is 0 Å². The van der Waals surface area contributed by atoms with Gasteiger partial charge in [-0.15, -0.1) is 0 Å². The van der Waals surface area contributed by atoms with Gasteiger partial charge in [0.1, 0.15) is 0 Å². The van der Waals surface area contributed by atoms with E-state index in [4.69, 9.17) is 0 Å². The van der Waals surface area contributed by atoms with Gasteiger partial charge in [-0.2, -0.15) is 0 Å². The van der Waals surface area contributed by atoms with Crippen molar-refractivity contribution in [2.45, 2.75) is 20.3 Å². The van der Waals surface area contributed by atoms with E-state index in [1.807, 2.05) is 30.0 Å². The molecule has 1 aromatic rings. The number of carbonyl (C=O) groups is 1. The first-order valence-electron chi connectivity index (χ1n) is 5.72. The molecule has 0 radical (unpaired) electrons. The van der Waals surface area contributed by atoms with E-state index in [1.165, 1.54) is 0 Å². The molecule has 0 saturated heterocycles. The van der Waals surface area contributed by atoms with Crippen LogP contribution >= 0.6 is 31.9 Å². The molecule has 4 heteroatoms. The molecule has 0 aromatic heterocycles. The monoisotopic (exact) mass is 361 g/mol. The van der Waals surface area contributed by atoms with Crippen LogP contribution in [-0.4, -0.2) is 29.2 Å². The van der Waals surface area contributed by atoms with Crippen LogP contribution in [0.1, 0.15) is 29.3 Å². The minimum Gasteiger partial charge on any atom is -0.338 e. The van der Waals surface area contributed by atoms with Crippen LogP contribution in [-0.2, 0) is 0 Å². The maximum atomic E-state index is 12.4. The molecule has 0 spiro atoms. The maximum Gasteiger partial charge on any atom is 0.255 e. The number of amides is 1. The fourth-order valence-electron chi connectivity index (χ4n) is 1.67. The second kappa shape index (κ2) is 7.17. The Bertz CT molecular complexity index is 387. The average Bonchev–Trinajstić information content (AvgIpc) is 2.31. The van der Waals surface area contributed by atoms with Crippen LogP contribution < -0.4 is 0 Å². The van der Waals surface area contributed by atoms with Crippen molar-refractivity contribution in [3.63, 3.8) is 0 Å². The molecule has 0 unspecified atom stereocenters. The third kappa shape index (κ3) is 3.81. The van der Waals surface area contributed by atoms with Gasteiger partial charge in [-0.25, -0.2) is 0 Å². The third-order valence-electron chi connectivity index (χ3n) is 2.56. The number of nitrogens with zero attached hydrogens (tertiary/aromatic N) is 1. The molecule has 0 bridgehead atoms. The Morgan fingerprint density at radius 1 is 1.35 bits per heavy atom. The van der Waals surface area contributed by atoms with Crippen molar-refractivity contribution in [3.05, 3.63) is 33.8 Å². The van der Waals surface area contributed by atoms with Crippen LogP contribution in [0.5, 0.6) is 0 Å². The number of carbonyl (C=O) groups excluding carboxylic acids is 1. The van der Waals surface area contributed by atoms with E-state index in [-0.39, 0.29) is 5.91 Å². The van der Waals surface area contributed by atoms with E-state index >= 15 is 0 Å². The van der Waals surface area contributed by atoms with Crippen LogP contribution in [0.25, 0.3) is 0 Å². The van der Waals surface area contributed by atoms with Gasteiger partial charge >= 0.3 is 0 Å². The SMILES string of the molecule is CCCN(CCBr)C(=O)c1cccc(C)c1Br. The first-order valence-corrected chi connectivity index (χ1v) is 7.63. The van der Waals surface area contributed by atoms with Gasteiger partial charge in [0.15, 0.2) is 0 Å². The third-order valence-corrected chi connectivity index (χ3v) is 3.96. The summed E-state index contributed by atoms with van der Waals surface area (Å²) in [6.45, 7) is 5.62. The van der Waals surface area contributed by atoms with E-state index in [0.29, 0.717) is 0 Å². The summed E-state index contributed by atoms with van der Waals surface area (Å²) in [5.41, 5.74) is 1.84. The molecule has 0 saturated carbocycles. The molecule has 0 N–H and O–H groups in total. The molecule has 0 heterocycles. The summed E-state index contributed by atoms with van der Waals surface area (Å²) in [6, 6.07) is 5.79. The van der Waals surface area contributed by atoms with E-state index in [0.717, 1.165) is 40.4 Å². The lowest BCUT2D eigenvalue weighted by Crippen LogP contribution is -2.33. The standard InChI is InChI=1S/C13H17Br2NO/c1-3-8-16(9-7-14)13(17)11-6-4-5-10(2)12(11)15/h4-6H,3,7-9H2,1-2H3. The lowest BCUT2D eigenvalue weighted by Gasteiger charge is -2.22. The second-order valence-corrected chi connectivity index (χ2v) is 5.50. The number of rotatable bonds is 5. The smallest absolute Gasteiger partial charge is 0.255 e. The number of benzene rings is 1. The van der Waals surface area contributed by atoms with Gasteiger partial charge in [0.25, 0.3) is 5.91 Å². The normalized spacial score (nSPS) is 10.4. The topological polar surface area (TPSA) is 20.3 Å². The van der Waals surface area contributed by atoms with Gasteiger partial charge in [0.05, 0.1) is 5.56 Å². The number of halogens is 2. The Kier molecular flexibility index (Phi) is 6.20. The highest BCUT2D eigenvalue weighted by Crippen LogP contribution is 2.22. The van der Waals surface area contributed by atoms with Crippen molar-refractivity contribution < 1.29 is 4.79 Å². The summed E-state index contributed by atoms with van der Waals surface area (Å²) in [5.74, 6) is 0.0990. The van der Waals surface area contributed by atoms with Crippen molar-refractivity contribution in [2.24, 2.45) is 0 Å². The van der Waals surface area contributed by atoms with Crippen LogP contribution in [0.3, 0.4) is 0 Å². The van der Waals surface area contributed by atoms with Crippen molar-refractivity contribution >= 4 is 37.8 Å². The van der Waals surface area contributed by atoms with E-state index in [1.54, 1.807) is 0 Å². The molecule has 1 aromatic carbocycles. The molecule has 17 heavy (non-hydrogen) atoms.